The topological polar surface area (TPSA) is 63.8 Å². The molecule has 0 spiro atoms. The van der Waals surface area contributed by atoms with Crippen molar-refractivity contribution in [3.63, 3.8) is 0 Å². The number of fused-ring (bicyclic) bond motifs is 1. The molecule has 2 heterocycles. The van der Waals surface area contributed by atoms with Crippen molar-refractivity contribution in [1.29, 1.82) is 0 Å². The average molecular weight is 411 g/mol. The molecule has 1 aromatic heterocycles. The summed E-state index contributed by atoms with van der Waals surface area (Å²) in [4.78, 5) is 17.6. The molecule has 1 saturated heterocycles. The number of carbonyl (C=O) groups excluding carboxylic acids is 1. The zero-order valence-electron chi connectivity index (χ0n) is 16.5. The van der Waals surface area contributed by atoms with Crippen molar-refractivity contribution in [3.05, 3.63) is 69.7 Å². The van der Waals surface area contributed by atoms with E-state index in [1.807, 2.05) is 32.0 Å². The lowest BCUT2D eigenvalue weighted by atomic mass is 10.1. The molecule has 1 N–H and O–H groups in total. The number of hydrogen-bond acceptors (Lipinski definition) is 4. The number of carbonyl (C=O) groups is 1. The van der Waals surface area contributed by atoms with Crippen LogP contribution in [0.3, 0.4) is 0 Å². The van der Waals surface area contributed by atoms with Crippen molar-refractivity contribution in [2.75, 3.05) is 13.2 Å². The molecule has 1 amide bonds. The minimum atomic E-state index is -0.242. The number of ether oxygens (including phenoxy) is 1. The third kappa shape index (κ3) is 4.52. The van der Waals surface area contributed by atoms with Crippen LogP contribution in [0.25, 0.3) is 11.0 Å². The Hall–Kier alpha value is -2.63. The first kappa shape index (κ1) is 19.7. The van der Waals surface area contributed by atoms with E-state index in [4.69, 9.17) is 20.8 Å². The minimum Gasteiger partial charge on any atom is -0.438 e. The van der Waals surface area contributed by atoms with E-state index in [9.17, 15) is 4.79 Å². The van der Waals surface area contributed by atoms with Gasteiger partial charge in [-0.05, 0) is 74.2 Å². The SMILES string of the molecule is Cc1ccc(N=c2oc3ccc(Cl)cc3cc2C(=O)NC[C@H]2CCCO2)cc1C. The maximum atomic E-state index is 12.9. The zero-order valence-corrected chi connectivity index (χ0v) is 17.3. The van der Waals surface area contributed by atoms with Gasteiger partial charge in [0.1, 0.15) is 11.1 Å². The summed E-state index contributed by atoms with van der Waals surface area (Å²) in [5.74, 6) is -0.242. The van der Waals surface area contributed by atoms with Crippen LogP contribution in [0.15, 0.2) is 51.9 Å². The number of halogens is 1. The number of amides is 1. The van der Waals surface area contributed by atoms with Crippen molar-refractivity contribution >= 4 is 34.2 Å². The lowest BCUT2D eigenvalue weighted by molar-refractivity contribution is 0.0854. The lowest BCUT2D eigenvalue weighted by Crippen LogP contribution is -2.34. The fourth-order valence-electron chi connectivity index (χ4n) is 3.37. The van der Waals surface area contributed by atoms with E-state index >= 15 is 0 Å². The van der Waals surface area contributed by atoms with Crippen molar-refractivity contribution < 1.29 is 13.9 Å². The Balaban J connectivity index is 1.76. The summed E-state index contributed by atoms with van der Waals surface area (Å²) in [7, 11) is 0. The van der Waals surface area contributed by atoms with Crippen molar-refractivity contribution in [1.82, 2.24) is 5.32 Å². The summed E-state index contributed by atoms with van der Waals surface area (Å²) >= 11 is 6.12. The van der Waals surface area contributed by atoms with Gasteiger partial charge in [-0.2, -0.15) is 0 Å². The first-order valence-corrected chi connectivity index (χ1v) is 10.1. The quantitative estimate of drug-likeness (QED) is 0.669. The van der Waals surface area contributed by atoms with E-state index in [0.29, 0.717) is 22.7 Å². The minimum absolute atomic E-state index is 0.0610. The van der Waals surface area contributed by atoms with E-state index < -0.39 is 0 Å². The van der Waals surface area contributed by atoms with Crippen LogP contribution in [0.2, 0.25) is 5.02 Å². The second-order valence-electron chi connectivity index (χ2n) is 7.37. The van der Waals surface area contributed by atoms with Gasteiger partial charge >= 0.3 is 0 Å². The van der Waals surface area contributed by atoms with Gasteiger partial charge in [-0.15, -0.1) is 0 Å². The molecule has 0 bridgehead atoms. The second-order valence-corrected chi connectivity index (χ2v) is 7.81. The highest BCUT2D eigenvalue weighted by atomic mass is 35.5. The largest absolute Gasteiger partial charge is 0.438 e. The number of rotatable bonds is 4. The zero-order chi connectivity index (χ0) is 20.4. The third-order valence-corrected chi connectivity index (χ3v) is 5.42. The summed E-state index contributed by atoms with van der Waals surface area (Å²) in [6.45, 7) is 5.30. The summed E-state index contributed by atoms with van der Waals surface area (Å²) < 4.78 is 11.6. The van der Waals surface area contributed by atoms with E-state index in [1.54, 1.807) is 24.3 Å². The number of nitrogens with one attached hydrogen (secondary N) is 1. The molecule has 1 atom stereocenters. The highest BCUT2D eigenvalue weighted by molar-refractivity contribution is 6.31. The van der Waals surface area contributed by atoms with Gasteiger partial charge < -0.3 is 14.5 Å². The van der Waals surface area contributed by atoms with Crippen LogP contribution in [0.5, 0.6) is 0 Å². The van der Waals surface area contributed by atoms with Crippen LogP contribution in [0, 0.1) is 13.8 Å². The molecule has 2 aromatic carbocycles. The molecule has 0 aliphatic carbocycles. The Bertz CT molecular complexity index is 1130. The predicted molar refractivity (Wildman–Crippen MR) is 114 cm³/mol. The van der Waals surface area contributed by atoms with E-state index in [-0.39, 0.29) is 17.6 Å². The maximum absolute atomic E-state index is 12.9. The van der Waals surface area contributed by atoms with Gasteiger partial charge in [-0.25, -0.2) is 4.99 Å². The summed E-state index contributed by atoms with van der Waals surface area (Å²) in [5.41, 5.74) is 4.31. The Morgan fingerprint density at radius 1 is 1.17 bits per heavy atom. The third-order valence-electron chi connectivity index (χ3n) is 5.19. The van der Waals surface area contributed by atoms with Gasteiger partial charge in [0, 0.05) is 23.6 Å². The van der Waals surface area contributed by atoms with Crippen LogP contribution in [-0.4, -0.2) is 25.2 Å². The van der Waals surface area contributed by atoms with Gasteiger partial charge in [0.15, 0.2) is 0 Å². The highest BCUT2D eigenvalue weighted by Crippen LogP contribution is 2.21. The van der Waals surface area contributed by atoms with Gasteiger partial charge in [-0.3, -0.25) is 4.79 Å². The molecule has 0 radical (unpaired) electrons. The van der Waals surface area contributed by atoms with E-state index in [0.717, 1.165) is 36.1 Å². The molecule has 29 heavy (non-hydrogen) atoms. The van der Waals surface area contributed by atoms with E-state index in [2.05, 4.69) is 10.3 Å². The number of nitrogens with zero attached hydrogens (tertiary/aromatic N) is 1. The van der Waals surface area contributed by atoms with Crippen molar-refractivity contribution in [2.45, 2.75) is 32.8 Å². The van der Waals surface area contributed by atoms with E-state index in [1.165, 1.54) is 5.56 Å². The molecular weight excluding hydrogens is 388 g/mol. The Kier molecular flexibility index (Phi) is 5.69. The fourth-order valence-corrected chi connectivity index (χ4v) is 3.55. The van der Waals surface area contributed by atoms with Crippen LogP contribution < -0.4 is 10.9 Å². The van der Waals surface area contributed by atoms with Gasteiger partial charge in [0.05, 0.1) is 11.8 Å². The van der Waals surface area contributed by atoms with Crippen molar-refractivity contribution in [3.8, 4) is 0 Å². The molecule has 0 saturated carbocycles. The molecular formula is C23H23ClN2O3. The Morgan fingerprint density at radius 2 is 2.03 bits per heavy atom. The first-order chi connectivity index (χ1) is 14.0. The molecule has 1 fully saturated rings. The van der Waals surface area contributed by atoms with Crippen LogP contribution in [-0.2, 0) is 4.74 Å². The summed E-state index contributed by atoms with van der Waals surface area (Å²) in [6.07, 6.45) is 2.04. The van der Waals surface area contributed by atoms with Gasteiger partial charge in [0.2, 0.25) is 5.55 Å². The molecule has 4 rings (SSSR count). The summed E-state index contributed by atoms with van der Waals surface area (Å²) in [5, 5.41) is 4.28. The molecule has 5 nitrogen and oxygen atoms in total. The lowest BCUT2D eigenvalue weighted by Gasteiger charge is -2.11. The fraction of sp³-hybridized carbons (Fsp3) is 0.304. The van der Waals surface area contributed by atoms with Gasteiger partial charge in [-0.1, -0.05) is 17.7 Å². The number of benzene rings is 2. The van der Waals surface area contributed by atoms with Crippen LogP contribution in [0.1, 0.15) is 34.3 Å². The number of hydrogen-bond donors (Lipinski definition) is 1. The average Bonchev–Trinajstić information content (AvgIpc) is 3.22. The molecule has 1 aliphatic rings. The van der Waals surface area contributed by atoms with Crippen molar-refractivity contribution in [2.24, 2.45) is 4.99 Å². The molecule has 6 heteroatoms. The van der Waals surface area contributed by atoms with Crippen LogP contribution >= 0.6 is 11.6 Å². The standard InChI is InChI=1S/C23H23ClN2O3/c1-14-5-7-18(10-15(14)2)26-23-20(22(27)25-13-19-4-3-9-28-19)12-16-11-17(24)6-8-21(16)29-23/h5-8,10-12,19H,3-4,9,13H2,1-2H3,(H,25,27)/t19-/m1/s1. The van der Waals surface area contributed by atoms with Crippen LogP contribution in [0.4, 0.5) is 5.69 Å². The second kappa shape index (κ2) is 8.39. The molecule has 3 aromatic rings. The Morgan fingerprint density at radius 3 is 2.79 bits per heavy atom. The molecule has 150 valence electrons. The summed E-state index contributed by atoms with van der Waals surface area (Å²) in [6, 6.07) is 13.0. The predicted octanol–water partition coefficient (Wildman–Crippen LogP) is 4.84. The molecule has 0 unspecified atom stereocenters. The first-order valence-electron chi connectivity index (χ1n) is 9.75. The van der Waals surface area contributed by atoms with Gasteiger partial charge in [0.25, 0.3) is 5.91 Å². The monoisotopic (exact) mass is 410 g/mol. The maximum Gasteiger partial charge on any atom is 0.256 e. The smallest absolute Gasteiger partial charge is 0.256 e. The Labute approximate surface area is 174 Å². The number of aryl methyl sites for hydroxylation is 2. The molecule has 1 aliphatic heterocycles. The highest BCUT2D eigenvalue weighted by Gasteiger charge is 2.18. The normalized spacial score (nSPS) is 17.1.